The highest BCUT2D eigenvalue weighted by atomic mass is 16.2. The molecule has 0 aromatic heterocycles. The largest absolute Gasteiger partial charge is 0.298 e. The zero-order valence-corrected chi connectivity index (χ0v) is 16.2. The smallest absolute Gasteiger partial charge is 0.269 e. The molecular weight excluding hydrogens is 344 g/mol. The Morgan fingerprint density at radius 2 is 1.36 bits per heavy atom. The summed E-state index contributed by atoms with van der Waals surface area (Å²) in [4.78, 5) is 12.6. The molecule has 0 fully saturated rings. The molecular formula is C25H26N2O. The van der Waals surface area contributed by atoms with Crippen LogP contribution in [0.2, 0.25) is 0 Å². The molecule has 0 unspecified atom stereocenters. The number of allylic oxidation sites excluding steroid dienone is 1. The molecule has 0 heterocycles. The van der Waals surface area contributed by atoms with Crippen LogP contribution in [0.5, 0.6) is 0 Å². The van der Waals surface area contributed by atoms with Crippen molar-refractivity contribution >= 4 is 11.6 Å². The Hall–Kier alpha value is -3.33. The van der Waals surface area contributed by atoms with Crippen LogP contribution < -0.4 is 10.9 Å². The van der Waals surface area contributed by atoms with E-state index in [1.54, 1.807) is 0 Å². The highest BCUT2D eigenvalue weighted by Gasteiger charge is 2.07. The van der Waals surface area contributed by atoms with Crippen molar-refractivity contribution in [2.75, 3.05) is 0 Å². The molecule has 0 aliphatic carbocycles. The molecule has 0 spiro atoms. The van der Waals surface area contributed by atoms with Gasteiger partial charge in [0.05, 0.1) is 5.70 Å². The van der Waals surface area contributed by atoms with Crippen LogP contribution in [0.1, 0.15) is 42.1 Å². The Labute approximate surface area is 167 Å². The molecule has 3 aromatic rings. The SMILES string of the molecule is CCCCC=C(NNC(=O)c1ccc(-c2ccccc2)cc1)c1ccccc1. The van der Waals surface area contributed by atoms with Gasteiger partial charge >= 0.3 is 0 Å². The van der Waals surface area contributed by atoms with E-state index in [0.717, 1.165) is 41.6 Å². The quantitative estimate of drug-likeness (QED) is 0.387. The Bertz CT molecular complexity index is 900. The van der Waals surface area contributed by atoms with E-state index in [9.17, 15) is 4.79 Å². The van der Waals surface area contributed by atoms with E-state index < -0.39 is 0 Å². The molecule has 0 aliphatic rings. The summed E-state index contributed by atoms with van der Waals surface area (Å²) in [6.45, 7) is 2.17. The van der Waals surface area contributed by atoms with Crippen molar-refractivity contribution < 1.29 is 4.79 Å². The molecule has 3 heteroatoms. The van der Waals surface area contributed by atoms with Crippen molar-refractivity contribution in [3.63, 3.8) is 0 Å². The van der Waals surface area contributed by atoms with Crippen LogP contribution >= 0.6 is 0 Å². The molecule has 0 aliphatic heterocycles. The van der Waals surface area contributed by atoms with Gasteiger partial charge in [0.2, 0.25) is 0 Å². The summed E-state index contributed by atoms with van der Waals surface area (Å²) in [6, 6.07) is 27.8. The maximum absolute atomic E-state index is 12.6. The molecule has 3 nitrogen and oxygen atoms in total. The van der Waals surface area contributed by atoms with Crippen LogP contribution in [-0.2, 0) is 0 Å². The summed E-state index contributed by atoms with van der Waals surface area (Å²) in [5.74, 6) is -0.156. The van der Waals surface area contributed by atoms with Crippen LogP contribution in [0.15, 0.2) is 91.0 Å². The first-order valence-electron chi connectivity index (χ1n) is 9.75. The summed E-state index contributed by atoms with van der Waals surface area (Å²) in [6.07, 6.45) is 5.36. The molecule has 0 atom stereocenters. The second-order valence-corrected chi connectivity index (χ2v) is 6.65. The van der Waals surface area contributed by atoms with E-state index >= 15 is 0 Å². The van der Waals surface area contributed by atoms with Crippen LogP contribution in [0.25, 0.3) is 16.8 Å². The van der Waals surface area contributed by atoms with Gasteiger partial charge in [-0.3, -0.25) is 15.6 Å². The minimum atomic E-state index is -0.156. The number of benzene rings is 3. The fourth-order valence-electron chi connectivity index (χ4n) is 2.95. The number of carbonyl (C=O) groups is 1. The summed E-state index contributed by atoms with van der Waals surface area (Å²) >= 11 is 0. The van der Waals surface area contributed by atoms with E-state index in [-0.39, 0.29) is 5.91 Å². The lowest BCUT2D eigenvalue weighted by molar-refractivity contribution is 0.0942. The van der Waals surface area contributed by atoms with Crippen molar-refractivity contribution in [2.24, 2.45) is 0 Å². The molecule has 1 amide bonds. The first-order valence-corrected chi connectivity index (χ1v) is 9.75. The van der Waals surface area contributed by atoms with Crippen LogP contribution in [0.4, 0.5) is 0 Å². The third-order valence-electron chi connectivity index (χ3n) is 4.56. The van der Waals surface area contributed by atoms with Crippen LogP contribution in [0.3, 0.4) is 0 Å². The molecule has 28 heavy (non-hydrogen) atoms. The van der Waals surface area contributed by atoms with E-state index in [1.807, 2.05) is 72.8 Å². The predicted molar refractivity (Wildman–Crippen MR) is 116 cm³/mol. The maximum Gasteiger partial charge on any atom is 0.269 e. The third kappa shape index (κ3) is 5.34. The summed E-state index contributed by atoms with van der Waals surface area (Å²) in [7, 11) is 0. The maximum atomic E-state index is 12.6. The minimum Gasteiger partial charge on any atom is -0.298 e. The second kappa shape index (κ2) is 10.1. The van der Waals surface area contributed by atoms with Gasteiger partial charge in [-0.15, -0.1) is 0 Å². The zero-order valence-electron chi connectivity index (χ0n) is 16.2. The fraction of sp³-hybridized carbons (Fsp3) is 0.160. The summed E-state index contributed by atoms with van der Waals surface area (Å²) in [5, 5.41) is 0. The van der Waals surface area contributed by atoms with Crippen molar-refractivity contribution in [1.29, 1.82) is 0 Å². The van der Waals surface area contributed by atoms with Crippen LogP contribution in [0, 0.1) is 0 Å². The Kier molecular flexibility index (Phi) is 7.02. The molecule has 0 bridgehead atoms. The third-order valence-corrected chi connectivity index (χ3v) is 4.56. The first kappa shape index (κ1) is 19.4. The predicted octanol–water partition coefficient (Wildman–Crippen LogP) is 5.82. The van der Waals surface area contributed by atoms with Gasteiger partial charge in [-0.25, -0.2) is 0 Å². The first-order chi connectivity index (χ1) is 13.8. The molecule has 0 saturated carbocycles. The van der Waals surface area contributed by atoms with Crippen molar-refractivity contribution in [2.45, 2.75) is 26.2 Å². The summed E-state index contributed by atoms with van der Waals surface area (Å²) < 4.78 is 0. The van der Waals surface area contributed by atoms with Gasteiger partial charge in [0.15, 0.2) is 0 Å². The molecule has 2 N–H and O–H groups in total. The van der Waals surface area contributed by atoms with Gasteiger partial charge in [0.1, 0.15) is 0 Å². The number of rotatable bonds is 8. The van der Waals surface area contributed by atoms with E-state index in [1.165, 1.54) is 0 Å². The number of carbonyl (C=O) groups excluding carboxylic acids is 1. The fourth-order valence-corrected chi connectivity index (χ4v) is 2.95. The van der Waals surface area contributed by atoms with Gasteiger partial charge in [0, 0.05) is 5.56 Å². The number of unbranched alkanes of at least 4 members (excludes halogenated alkanes) is 2. The minimum absolute atomic E-state index is 0.156. The lowest BCUT2D eigenvalue weighted by Crippen LogP contribution is -2.36. The Morgan fingerprint density at radius 3 is 2.00 bits per heavy atom. The Morgan fingerprint density at radius 1 is 0.750 bits per heavy atom. The topological polar surface area (TPSA) is 41.1 Å². The molecule has 0 saturated heterocycles. The van der Waals surface area contributed by atoms with Crippen molar-refractivity contribution in [1.82, 2.24) is 10.9 Å². The number of hydrazine groups is 1. The van der Waals surface area contributed by atoms with E-state index in [0.29, 0.717) is 5.56 Å². The standard InChI is InChI=1S/C25H26N2O/c1-2-3-6-15-24(22-13-9-5-10-14-22)26-27-25(28)23-18-16-21(17-19-23)20-11-7-4-8-12-20/h4-5,7-19,26H,2-3,6H2,1H3,(H,27,28). The highest BCUT2D eigenvalue weighted by Crippen LogP contribution is 2.19. The number of hydrogen-bond donors (Lipinski definition) is 2. The monoisotopic (exact) mass is 370 g/mol. The second-order valence-electron chi connectivity index (χ2n) is 6.65. The Balaban J connectivity index is 1.66. The van der Waals surface area contributed by atoms with Crippen molar-refractivity contribution in [3.8, 4) is 11.1 Å². The molecule has 3 aromatic carbocycles. The van der Waals surface area contributed by atoms with Crippen LogP contribution in [-0.4, -0.2) is 5.91 Å². The van der Waals surface area contributed by atoms with Gasteiger partial charge < -0.3 is 0 Å². The normalized spacial score (nSPS) is 11.1. The lowest BCUT2D eigenvalue weighted by Gasteiger charge is -2.13. The van der Waals surface area contributed by atoms with E-state index in [2.05, 4.69) is 36.0 Å². The average molecular weight is 370 g/mol. The van der Waals surface area contributed by atoms with Gasteiger partial charge in [-0.1, -0.05) is 92.2 Å². The van der Waals surface area contributed by atoms with Gasteiger partial charge in [0.25, 0.3) is 5.91 Å². The summed E-state index contributed by atoms with van der Waals surface area (Å²) in [5.41, 5.74) is 10.7. The van der Waals surface area contributed by atoms with Gasteiger partial charge in [-0.2, -0.15) is 0 Å². The molecule has 0 radical (unpaired) electrons. The molecule has 142 valence electrons. The number of amides is 1. The number of nitrogens with one attached hydrogen (secondary N) is 2. The van der Waals surface area contributed by atoms with Gasteiger partial charge in [-0.05, 0) is 41.7 Å². The zero-order chi connectivity index (χ0) is 19.6. The number of hydrogen-bond acceptors (Lipinski definition) is 2. The highest BCUT2D eigenvalue weighted by molar-refractivity contribution is 5.94. The molecule has 3 rings (SSSR count). The van der Waals surface area contributed by atoms with E-state index in [4.69, 9.17) is 0 Å². The average Bonchev–Trinajstić information content (AvgIpc) is 2.77. The van der Waals surface area contributed by atoms with Crippen molar-refractivity contribution in [3.05, 3.63) is 102 Å². The lowest BCUT2D eigenvalue weighted by atomic mass is 10.0.